The van der Waals surface area contributed by atoms with E-state index in [0.29, 0.717) is 5.56 Å². The number of carboxylic acids is 1. The van der Waals surface area contributed by atoms with Crippen LogP contribution in [0.15, 0.2) is 24.4 Å². The third-order valence-electron chi connectivity index (χ3n) is 4.09. The maximum atomic E-state index is 11.3. The van der Waals surface area contributed by atoms with Gasteiger partial charge in [0.25, 0.3) is 0 Å². The SMILES string of the molecule is N#Cc1c[nH]c2ccc([C@H]3CCC[C@@H]3C(=O)O)cc12. The zero-order valence-corrected chi connectivity index (χ0v) is 10.4. The number of hydrogen-bond acceptors (Lipinski definition) is 2. The van der Waals surface area contributed by atoms with E-state index in [0.717, 1.165) is 35.7 Å². The van der Waals surface area contributed by atoms with Gasteiger partial charge in [-0.15, -0.1) is 0 Å². The Hall–Kier alpha value is -2.28. The zero-order valence-electron chi connectivity index (χ0n) is 10.4. The molecule has 2 N–H and O–H groups in total. The summed E-state index contributed by atoms with van der Waals surface area (Å²) in [4.78, 5) is 14.3. The van der Waals surface area contributed by atoms with Gasteiger partial charge < -0.3 is 10.1 Å². The number of aromatic amines is 1. The van der Waals surface area contributed by atoms with Crippen LogP contribution in [-0.2, 0) is 4.79 Å². The Labute approximate surface area is 110 Å². The van der Waals surface area contributed by atoms with E-state index in [1.807, 2.05) is 18.2 Å². The highest BCUT2D eigenvalue weighted by molar-refractivity contribution is 5.86. The van der Waals surface area contributed by atoms with Gasteiger partial charge in [-0.3, -0.25) is 4.79 Å². The highest BCUT2D eigenvalue weighted by atomic mass is 16.4. The Morgan fingerprint density at radius 2 is 2.26 bits per heavy atom. The molecule has 0 radical (unpaired) electrons. The normalized spacial score (nSPS) is 22.5. The van der Waals surface area contributed by atoms with Gasteiger partial charge in [0.2, 0.25) is 0 Å². The Kier molecular flexibility index (Phi) is 2.75. The maximum Gasteiger partial charge on any atom is 0.307 e. The van der Waals surface area contributed by atoms with E-state index in [4.69, 9.17) is 5.26 Å². The van der Waals surface area contributed by atoms with Gasteiger partial charge in [-0.2, -0.15) is 5.26 Å². The van der Waals surface area contributed by atoms with Crippen LogP contribution in [0.1, 0.15) is 36.3 Å². The number of carbonyl (C=O) groups is 1. The molecule has 19 heavy (non-hydrogen) atoms. The highest BCUT2D eigenvalue weighted by Gasteiger charge is 2.33. The second-order valence-electron chi connectivity index (χ2n) is 5.10. The van der Waals surface area contributed by atoms with Crippen molar-refractivity contribution in [1.82, 2.24) is 4.98 Å². The molecule has 1 aromatic carbocycles. The van der Waals surface area contributed by atoms with E-state index in [9.17, 15) is 9.90 Å². The van der Waals surface area contributed by atoms with Gasteiger partial charge in [0.15, 0.2) is 0 Å². The van der Waals surface area contributed by atoms with E-state index in [-0.39, 0.29) is 11.8 Å². The summed E-state index contributed by atoms with van der Waals surface area (Å²) in [5, 5.41) is 19.2. The van der Waals surface area contributed by atoms with E-state index in [2.05, 4.69) is 11.1 Å². The second-order valence-corrected chi connectivity index (χ2v) is 5.10. The number of nitrogens with zero attached hydrogens (tertiary/aromatic N) is 1. The van der Waals surface area contributed by atoms with Crippen molar-refractivity contribution in [2.45, 2.75) is 25.2 Å². The molecule has 1 aliphatic carbocycles. The summed E-state index contributed by atoms with van der Waals surface area (Å²) in [5.74, 6) is -0.928. The molecule has 0 spiro atoms. The lowest BCUT2D eigenvalue weighted by Crippen LogP contribution is -2.16. The van der Waals surface area contributed by atoms with Crippen molar-refractivity contribution in [3.05, 3.63) is 35.5 Å². The quantitative estimate of drug-likeness (QED) is 0.864. The third-order valence-corrected chi connectivity index (χ3v) is 4.09. The number of carboxylic acid groups (broad SMARTS) is 1. The average molecular weight is 254 g/mol. The number of benzene rings is 1. The summed E-state index contributed by atoms with van der Waals surface area (Å²) in [6, 6.07) is 8.03. The molecule has 4 nitrogen and oxygen atoms in total. The lowest BCUT2D eigenvalue weighted by Gasteiger charge is -2.16. The van der Waals surface area contributed by atoms with Crippen LogP contribution >= 0.6 is 0 Å². The van der Waals surface area contributed by atoms with Crippen LogP contribution in [0.25, 0.3) is 10.9 Å². The molecule has 1 aromatic heterocycles. The molecule has 0 amide bonds. The molecule has 1 fully saturated rings. The fourth-order valence-corrected chi connectivity index (χ4v) is 3.12. The Morgan fingerprint density at radius 3 is 3.00 bits per heavy atom. The number of H-pyrrole nitrogens is 1. The van der Waals surface area contributed by atoms with Crippen LogP contribution in [-0.4, -0.2) is 16.1 Å². The van der Waals surface area contributed by atoms with Gasteiger partial charge in [0.05, 0.1) is 11.5 Å². The predicted molar refractivity (Wildman–Crippen MR) is 70.7 cm³/mol. The highest BCUT2D eigenvalue weighted by Crippen LogP contribution is 2.40. The smallest absolute Gasteiger partial charge is 0.307 e. The lowest BCUT2D eigenvalue weighted by molar-refractivity contribution is -0.142. The van der Waals surface area contributed by atoms with Crippen LogP contribution in [0.3, 0.4) is 0 Å². The second kappa shape index (κ2) is 4.43. The first-order chi connectivity index (χ1) is 9.20. The van der Waals surface area contributed by atoms with E-state index >= 15 is 0 Å². The van der Waals surface area contributed by atoms with Gasteiger partial charge in [0, 0.05) is 17.1 Å². The summed E-state index contributed by atoms with van der Waals surface area (Å²) < 4.78 is 0. The fourth-order valence-electron chi connectivity index (χ4n) is 3.12. The topological polar surface area (TPSA) is 76.9 Å². The molecule has 0 bridgehead atoms. The Morgan fingerprint density at radius 1 is 1.42 bits per heavy atom. The summed E-state index contributed by atoms with van der Waals surface area (Å²) in [7, 11) is 0. The number of rotatable bonds is 2. The monoisotopic (exact) mass is 254 g/mol. The molecule has 1 aliphatic rings. The molecular weight excluding hydrogens is 240 g/mol. The first-order valence-electron chi connectivity index (χ1n) is 6.44. The van der Waals surface area contributed by atoms with Crippen molar-refractivity contribution >= 4 is 16.9 Å². The molecule has 96 valence electrons. The first kappa shape index (κ1) is 11.8. The number of nitrogens with one attached hydrogen (secondary N) is 1. The summed E-state index contributed by atoms with van der Waals surface area (Å²) in [6.45, 7) is 0. The van der Waals surface area contributed by atoms with E-state index in [1.54, 1.807) is 6.20 Å². The molecular formula is C15H14N2O2. The standard InChI is InChI=1S/C15H14N2O2/c16-7-10-8-17-14-5-4-9(6-13(10)14)11-2-1-3-12(11)15(18)19/h4-6,8,11-12,17H,1-3H2,(H,18,19)/t11-,12+/m1/s1. The Balaban J connectivity index is 2.05. The first-order valence-corrected chi connectivity index (χ1v) is 6.44. The molecule has 2 aromatic rings. The minimum Gasteiger partial charge on any atom is -0.481 e. The predicted octanol–water partition coefficient (Wildman–Crippen LogP) is 3.01. The number of nitriles is 1. The molecule has 1 saturated carbocycles. The lowest BCUT2D eigenvalue weighted by atomic mass is 9.88. The maximum absolute atomic E-state index is 11.3. The van der Waals surface area contributed by atoms with Gasteiger partial charge in [0.1, 0.15) is 6.07 Å². The average Bonchev–Trinajstić information content (AvgIpc) is 3.04. The van der Waals surface area contributed by atoms with Crippen LogP contribution < -0.4 is 0 Å². The van der Waals surface area contributed by atoms with Crippen molar-refractivity contribution < 1.29 is 9.90 Å². The molecule has 3 rings (SSSR count). The number of aliphatic carboxylic acids is 1. The van der Waals surface area contributed by atoms with Crippen LogP contribution in [0.2, 0.25) is 0 Å². The van der Waals surface area contributed by atoms with Crippen molar-refractivity contribution in [1.29, 1.82) is 5.26 Å². The summed E-state index contributed by atoms with van der Waals surface area (Å²) >= 11 is 0. The largest absolute Gasteiger partial charge is 0.481 e. The van der Waals surface area contributed by atoms with Crippen molar-refractivity contribution in [2.24, 2.45) is 5.92 Å². The van der Waals surface area contributed by atoms with Crippen molar-refractivity contribution in [2.75, 3.05) is 0 Å². The summed E-state index contributed by atoms with van der Waals surface area (Å²) in [5.41, 5.74) is 2.57. The van der Waals surface area contributed by atoms with Crippen LogP contribution in [0, 0.1) is 17.2 Å². The van der Waals surface area contributed by atoms with Crippen molar-refractivity contribution in [3.63, 3.8) is 0 Å². The van der Waals surface area contributed by atoms with Crippen LogP contribution in [0.5, 0.6) is 0 Å². The Bertz CT molecular complexity index is 681. The molecule has 0 unspecified atom stereocenters. The summed E-state index contributed by atoms with van der Waals surface area (Å²) in [6.07, 6.45) is 4.31. The minimum atomic E-state index is -0.711. The van der Waals surface area contributed by atoms with Gasteiger partial charge in [-0.25, -0.2) is 0 Å². The fraction of sp³-hybridized carbons (Fsp3) is 0.333. The molecule has 0 saturated heterocycles. The molecule has 0 aliphatic heterocycles. The molecule has 4 heteroatoms. The third kappa shape index (κ3) is 1.88. The molecule has 1 heterocycles. The molecule has 2 atom stereocenters. The number of hydrogen-bond donors (Lipinski definition) is 2. The van der Waals surface area contributed by atoms with E-state index < -0.39 is 5.97 Å². The number of aromatic nitrogens is 1. The van der Waals surface area contributed by atoms with Crippen molar-refractivity contribution in [3.8, 4) is 6.07 Å². The zero-order chi connectivity index (χ0) is 13.4. The van der Waals surface area contributed by atoms with E-state index in [1.165, 1.54) is 0 Å². The number of fused-ring (bicyclic) bond motifs is 1. The van der Waals surface area contributed by atoms with Gasteiger partial charge >= 0.3 is 5.97 Å². The van der Waals surface area contributed by atoms with Gasteiger partial charge in [-0.05, 0) is 36.5 Å². The minimum absolute atomic E-state index is 0.0725. The van der Waals surface area contributed by atoms with Gasteiger partial charge in [-0.1, -0.05) is 12.5 Å². The van der Waals surface area contributed by atoms with Crippen LogP contribution in [0.4, 0.5) is 0 Å².